The molecule has 0 spiro atoms. The second-order valence-electron chi connectivity index (χ2n) is 7.18. The summed E-state index contributed by atoms with van der Waals surface area (Å²) in [6.07, 6.45) is 4.62. The molecule has 0 saturated carbocycles. The molecule has 0 aromatic rings. The van der Waals surface area contributed by atoms with Gasteiger partial charge in [-0.3, -0.25) is 4.79 Å². The Hall–Kier alpha value is -1.26. The predicted molar refractivity (Wildman–Crippen MR) is 81.0 cm³/mol. The number of carbonyl (C=O) groups excluding carboxylic acids is 2. The third kappa shape index (κ3) is 4.90. The lowest BCUT2D eigenvalue weighted by atomic mass is 9.93. The summed E-state index contributed by atoms with van der Waals surface area (Å²) < 4.78 is 5.40. The van der Waals surface area contributed by atoms with Gasteiger partial charge in [0.1, 0.15) is 5.60 Å². The van der Waals surface area contributed by atoms with Gasteiger partial charge in [-0.25, -0.2) is 4.79 Å². The predicted octanol–water partition coefficient (Wildman–Crippen LogP) is 2.65. The molecule has 0 aromatic heterocycles. The average Bonchev–Trinajstić information content (AvgIpc) is 2.80. The van der Waals surface area contributed by atoms with Gasteiger partial charge < -0.3 is 14.5 Å². The Morgan fingerprint density at radius 3 is 2.43 bits per heavy atom. The number of piperidine rings is 1. The lowest BCUT2D eigenvalue weighted by molar-refractivity contribution is -0.127. The number of rotatable bonds is 3. The van der Waals surface area contributed by atoms with Crippen LogP contribution in [-0.2, 0) is 9.53 Å². The van der Waals surface area contributed by atoms with Crippen molar-refractivity contribution in [3.8, 4) is 0 Å². The Kier molecular flexibility index (Phi) is 5.12. The normalized spacial score (nSPS) is 21.0. The van der Waals surface area contributed by atoms with Crippen LogP contribution in [0.5, 0.6) is 0 Å². The zero-order valence-electron chi connectivity index (χ0n) is 13.6. The van der Waals surface area contributed by atoms with E-state index in [0.29, 0.717) is 11.8 Å². The highest BCUT2D eigenvalue weighted by Crippen LogP contribution is 2.23. The van der Waals surface area contributed by atoms with E-state index in [1.165, 1.54) is 0 Å². The van der Waals surface area contributed by atoms with Gasteiger partial charge in [0.05, 0.1) is 0 Å². The Morgan fingerprint density at radius 1 is 1.24 bits per heavy atom. The molecule has 0 N–H and O–H groups in total. The first-order valence-electron chi connectivity index (χ1n) is 8.11. The van der Waals surface area contributed by atoms with Gasteiger partial charge in [0.15, 0.2) is 0 Å². The summed E-state index contributed by atoms with van der Waals surface area (Å²) in [4.78, 5) is 27.4. The van der Waals surface area contributed by atoms with Crippen molar-refractivity contribution in [2.45, 2.75) is 58.5 Å². The molecule has 2 heterocycles. The van der Waals surface area contributed by atoms with Crippen molar-refractivity contribution in [3.63, 3.8) is 0 Å². The van der Waals surface area contributed by atoms with Gasteiger partial charge in [-0.05, 0) is 52.4 Å². The summed E-state index contributed by atoms with van der Waals surface area (Å²) >= 11 is 0. The van der Waals surface area contributed by atoms with Crippen LogP contribution in [0.25, 0.3) is 0 Å². The van der Waals surface area contributed by atoms with Crippen LogP contribution in [0, 0.1) is 5.92 Å². The number of nitrogens with zero attached hydrogens (tertiary/aromatic N) is 2. The van der Waals surface area contributed by atoms with Gasteiger partial charge in [0, 0.05) is 32.6 Å². The highest BCUT2D eigenvalue weighted by Gasteiger charge is 2.27. The molecule has 2 aliphatic rings. The molecule has 2 rings (SSSR count). The minimum Gasteiger partial charge on any atom is -0.444 e. The fraction of sp³-hybridized carbons (Fsp3) is 0.875. The number of hydrogen-bond acceptors (Lipinski definition) is 3. The third-order valence-corrected chi connectivity index (χ3v) is 4.24. The van der Waals surface area contributed by atoms with Crippen LogP contribution in [0.4, 0.5) is 4.79 Å². The standard InChI is InChI=1S/C16H28N2O3/c1-16(2,3)21-15(20)18-11-7-13(8-12-18)6-10-17-9-4-5-14(17)19/h13H,4-12H2,1-3H3. The van der Waals surface area contributed by atoms with Gasteiger partial charge in [-0.1, -0.05) is 0 Å². The van der Waals surface area contributed by atoms with Crippen LogP contribution in [0.2, 0.25) is 0 Å². The van der Waals surface area contributed by atoms with Crippen LogP contribution < -0.4 is 0 Å². The summed E-state index contributed by atoms with van der Waals surface area (Å²) in [6, 6.07) is 0. The first-order chi connectivity index (χ1) is 9.85. The molecule has 5 nitrogen and oxygen atoms in total. The van der Waals surface area contributed by atoms with Gasteiger partial charge in [-0.2, -0.15) is 0 Å². The summed E-state index contributed by atoms with van der Waals surface area (Å²) in [6.45, 7) is 9.03. The largest absolute Gasteiger partial charge is 0.444 e. The van der Waals surface area contributed by atoms with Gasteiger partial charge in [0.2, 0.25) is 5.91 Å². The zero-order chi connectivity index (χ0) is 15.5. The van der Waals surface area contributed by atoms with Gasteiger partial charge in [0.25, 0.3) is 0 Å². The summed E-state index contributed by atoms with van der Waals surface area (Å²) in [5, 5.41) is 0. The second-order valence-corrected chi connectivity index (χ2v) is 7.18. The number of ether oxygens (including phenoxy) is 1. The van der Waals surface area contributed by atoms with E-state index in [4.69, 9.17) is 4.74 Å². The molecule has 0 aromatic carbocycles. The molecule has 2 amide bonds. The topological polar surface area (TPSA) is 49.9 Å². The van der Waals surface area contributed by atoms with E-state index < -0.39 is 5.60 Å². The van der Waals surface area contributed by atoms with Crippen molar-refractivity contribution in [1.29, 1.82) is 0 Å². The molecule has 2 fully saturated rings. The van der Waals surface area contributed by atoms with Crippen molar-refractivity contribution in [2.24, 2.45) is 5.92 Å². The van der Waals surface area contributed by atoms with E-state index >= 15 is 0 Å². The molecule has 0 bridgehead atoms. The number of likely N-dealkylation sites (tertiary alicyclic amines) is 2. The summed E-state index contributed by atoms with van der Waals surface area (Å²) in [5.41, 5.74) is -0.427. The van der Waals surface area contributed by atoms with Crippen LogP contribution in [-0.4, -0.2) is 53.6 Å². The van der Waals surface area contributed by atoms with E-state index in [1.54, 1.807) is 0 Å². The van der Waals surface area contributed by atoms with E-state index in [0.717, 1.165) is 58.3 Å². The smallest absolute Gasteiger partial charge is 0.410 e. The molecular weight excluding hydrogens is 268 g/mol. The molecule has 0 aliphatic carbocycles. The lowest BCUT2D eigenvalue weighted by Crippen LogP contribution is -2.42. The molecule has 0 atom stereocenters. The van der Waals surface area contributed by atoms with Crippen LogP contribution in [0.15, 0.2) is 0 Å². The quantitative estimate of drug-likeness (QED) is 0.804. The first-order valence-corrected chi connectivity index (χ1v) is 8.11. The summed E-state index contributed by atoms with van der Waals surface area (Å²) in [7, 11) is 0. The van der Waals surface area contributed by atoms with Crippen molar-refractivity contribution in [2.75, 3.05) is 26.2 Å². The number of amides is 2. The molecule has 21 heavy (non-hydrogen) atoms. The van der Waals surface area contributed by atoms with Crippen LogP contribution >= 0.6 is 0 Å². The third-order valence-electron chi connectivity index (χ3n) is 4.24. The summed E-state index contributed by atoms with van der Waals surface area (Å²) in [5.74, 6) is 0.929. The van der Waals surface area contributed by atoms with E-state index in [-0.39, 0.29) is 6.09 Å². The van der Waals surface area contributed by atoms with Gasteiger partial charge in [-0.15, -0.1) is 0 Å². The minimum absolute atomic E-state index is 0.198. The first kappa shape index (κ1) is 16.1. The fourth-order valence-electron chi connectivity index (χ4n) is 3.01. The molecule has 0 radical (unpaired) electrons. The number of hydrogen-bond donors (Lipinski definition) is 0. The fourth-order valence-corrected chi connectivity index (χ4v) is 3.01. The number of carbonyl (C=O) groups is 2. The molecule has 2 saturated heterocycles. The van der Waals surface area contributed by atoms with Crippen molar-refractivity contribution in [1.82, 2.24) is 9.80 Å². The zero-order valence-corrected chi connectivity index (χ0v) is 13.6. The van der Waals surface area contributed by atoms with E-state index in [2.05, 4.69) is 0 Å². The Bertz CT molecular complexity index is 381. The molecule has 0 unspecified atom stereocenters. The van der Waals surface area contributed by atoms with Crippen molar-refractivity contribution >= 4 is 12.0 Å². The Morgan fingerprint density at radius 2 is 1.90 bits per heavy atom. The second kappa shape index (κ2) is 6.67. The molecule has 5 heteroatoms. The molecule has 120 valence electrons. The van der Waals surface area contributed by atoms with Crippen molar-refractivity contribution in [3.05, 3.63) is 0 Å². The average molecular weight is 296 g/mol. The maximum Gasteiger partial charge on any atom is 0.410 e. The molecule has 2 aliphatic heterocycles. The van der Waals surface area contributed by atoms with Crippen LogP contribution in [0.1, 0.15) is 52.9 Å². The Labute approximate surface area is 127 Å². The lowest BCUT2D eigenvalue weighted by Gasteiger charge is -2.34. The van der Waals surface area contributed by atoms with Crippen molar-refractivity contribution < 1.29 is 14.3 Å². The minimum atomic E-state index is -0.427. The molecular formula is C16H28N2O3. The van der Waals surface area contributed by atoms with E-state index in [9.17, 15) is 9.59 Å². The maximum absolute atomic E-state index is 12.0. The highest BCUT2D eigenvalue weighted by molar-refractivity contribution is 5.78. The van der Waals surface area contributed by atoms with Gasteiger partial charge >= 0.3 is 6.09 Å². The van der Waals surface area contributed by atoms with Crippen LogP contribution in [0.3, 0.4) is 0 Å². The SMILES string of the molecule is CC(C)(C)OC(=O)N1CCC(CCN2CCCC2=O)CC1. The Balaban J connectivity index is 1.68. The monoisotopic (exact) mass is 296 g/mol. The maximum atomic E-state index is 12.0. The highest BCUT2D eigenvalue weighted by atomic mass is 16.6. The van der Waals surface area contributed by atoms with E-state index in [1.807, 2.05) is 30.6 Å².